The summed E-state index contributed by atoms with van der Waals surface area (Å²) < 4.78 is 5.52. The van der Waals surface area contributed by atoms with Gasteiger partial charge in [0.15, 0.2) is 0 Å². The minimum Gasteiger partial charge on any atom is -0.381 e. The summed E-state index contributed by atoms with van der Waals surface area (Å²) in [5.41, 5.74) is 0. The van der Waals surface area contributed by atoms with Crippen LogP contribution >= 0.6 is 0 Å². The molecule has 0 aromatic heterocycles. The zero-order chi connectivity index (χ0) is 13.4. The normalized spacial score (nSPS) is 22.0. The maximum atomic E-state index is 5.52. The van der Waals surface area contributed by atoms with Gasteiger partial charge in [-0.1, -0.05) is 19.8 Å². The topological polar surface area (TPSA) is 24.5 Å². The van der Waals surface area contributed by atoms with Crippen molar-refractivity contribution in [3.05, 3.63) is 0 Å². The van der Waals surface area contributed by atoms with E-state index in [0.29, 0.717) is 18.0 Å². The van der Waals surface area contributed by atoms with Crippen LogP contribution in [-0.2, 0) is 4.74 Å². The van der Waals surface area contributed by atoms with E-state index in [9.17, 15) is 0 Å². The van der Waals surface area contributed by atoms with Crippen LogP contribution in [0.3, 0.4) is 0 Å². The molecule has 2 atom stereocenters. The summed E-state index contributed by atoms with van der Waals surface area (Å²) in [6, 6.07) is 1.22. The molecule has 108 valence electrons. The Morgan fingerprint density at radius 2 is 2.11 bits per heavy atom. The lowest BCUT2D eigenvalue weighted by Gasteiger charge is -2.33. The molecule has 18 heavy (non-hydrogen) atoms. The van der Waals surface area contributed by atoms with Crippen LogP contribution in [-0.4, -0.2) is 50.3 Å². The second-order valence-corrected chi connectivity index (χ2v) is 5.81. The van der Waals surface area contributed by atoms with Crippen LogP contribution in [0.2, 0.25) is 0 Å². The van der Waals surface area contributed by atoms with Crippen LogP contribution in [0.1, 0.15) is 46.5 Å². The van der Waals surface area contributed by atoms with E-state index in [4.69, 9.17) is 4.74 Å². The molecule has 0 spiro atoms. The zero-order valence-electron chi connectivity index (χ0n) is 12.7. The van der Waals surface area contributed by atoms with Crippen molar-refractivity contribution in [1.82, 2.24) is 10.2 Å². The summed E-state index contributed by atoms with van der Waals surface area (Å²) in [6.45, 7) is 11.2. The lowest BCUT2D eigenvalue weighted by atomic mass is 9.98. The highest BCUT2D eigenvalue weighted by Crippen LogP contribution is 2.18. The van der Waals surface area contributed by atoms with Crippen LogP contribution in [0.25, 0.3) is 0 Å². The van der Waals surface area contributed by atoms with Crippen molar-refractivity contribution in [3.63, 3.8) is 0 Å². The third kappa shape index (κ3) is 5.25. The van der Waals surface area contributed by atoms with Gasteiger partial charge in [-0.25, -0.2) is 0 Å². The number of likely N-dealkylation sites (N-methyl/N-ethyl adjacent to an activating group) is 1. The van der Waals surface area contributed by atoms with Gasteiger partial charge < -0.3 is 10.1 Å². The average molecular weight is 256 g/mol. The second-order valence-electron chi connectivity index (χ2n) is 5.81. The van der Waals surface area contributed by atoms with Gasteiger partial charge in [0.2, 0.25) is 0 Å². The van der Waals surface area contributed by atoms with Crippen molar-refractivity contribution in [2.24, 2.45) is 5.92 Å². The molecule has 1 aliphatic heterocycles. The minimum atomic E-state index is 0.580. The number of rotatable bonds is 9. The maximum Gasteiger partial charge on any atom is 0.0510 e. The first-order chi connectivity index (χ1) is 8.69. The Morgan fingerprint density at radius 3 is 2.61 bits per heavy atom. The third-order valence-corrected chi connectivity index (χ3v) is 4.12. The summed E-state index contributed by atoms with van der Waals surface area (Å²) in [5, 5.41) is 3.50. The molecule has 3 nitrogen and oxygen atoms in total. The molecule has 2 unspecified atom stereocenters. The molecule has 1 aliphatic rings. The first-order valence-corrected chi connectivity index (χ1v) is 7.68. The van der Waals surface area contributed by atoms with Crippen LogP contribution in [0.4, 0.5) is 0 Å². The van der Waals surface area contributed by atoms with Crippen LogP contribution in [0.5, 0.6) is 0 Å². The number of hydrogen-bond acceptors (Lipinski definition) is 3. The summed E-state index contributed by atoms with van der Waals surface area (Å²) >= 11 is 0. The molecule has 3 heteroatoms. The van der Waals surface area contributed by atoms with Crippen molar-refractivity contribution in [3.8, 4) is 0 Å². The fourth-order valence-corrected chi connectivity index (χ4v) is 2.72. The monoisotopic (exact) mass is 256 g/mol. The Labute approximate surface area is 113 Å². The van der Waals surface area contributed by atoms with E-state index in [1.807, 2.05) is 0 Å². The molecule has 0 aromatic rings. The van der Waals surface area contributed by atoms with E-state index in [1.165, 1.54) is 32.2 Å². The van der Waals surface area contributed by atoms with Crippen molar-refractivity contribution in [1.29, 1.82) is 0 Å². The van der Waals surface area contributed by atoms with Gasteiger partial charge >= 0.3 is 0 Å². The number of unbranched alkanes of at least 4 members (excludes halogenated alkanes) is 2. The predicted octanol–water partition coefficient (Wildman–Crippen LogP) is 2.51. The van der Waals surface area contributed by atoms with E-state index < -0.39 is 0 Å². The standard InChI is InChI=1S/C15H32N2O/c1-5-6-7-9-17(13(2)3)11-15(16-4)14-8-10-18-12-14/h13-16H,5-12H2,1-4H3. The first kappa shape index (κ1) is 15.9. The summed E-state index contributed by atoms with van der Waals surface area (Å²) in [5.74, 6) is 0.697. The maximum absolute atomic E-state index is 5.52. The SMILES string of the molecule is CCCCCN(CC(NC)C1CCOC1)C(C)C. The van der Waals surface area contributed by atoms with Gasteiger partial charge in [0.25, 0.3) is 0 Å². The molecule has 0 radical (unpaired) electrons. The summed E-state index contributed by atoms with van der Waals surface area (Å²) in [4.78, 5) is 2.62. The fraction of sp³-hybridized carbons (Fsp3) is 1.00. The van der Waals surface area contributed by atoms with Gasteiger partial charge in [0.05, 0.1) is 6.61 Å². The highest BCUT2D eigenvalue weighted by Gasteiger charge is 2.26. The largest absolute Gasteiger partial charge is 0.381 e. The number of ether oxygens (including phenoxy) is 1. The Balaban J connectivity index is 2.40. The van der Waals surface area contributed by atoms with E-state index >= 15 is 0 Å². The summed E-state index contributed by atoms with van der Waals surface area (Å²) in [6.07, 6.45) is 5.19. The number of nitrogens with zero attached hydrogens (tertiary/aromatic N) is 1. The van der Waals surface area contributed by atoms with Crippen molar-refractivity contribution in [2.45, 2.75) is 58.5 Å². The van der Waals surface area contributed by atoms with Crippen LogP contribution in [0, 0.1) is 5.92 Å². The molecule has 0 bridgehead atoms. The van der Waals surface area contributed by atoms with Gasteiger partial charge in [-0.15, -0.1) is 0 Å². The Hall–Kier alpha value is -0.120. The number of hydrogen-bond donors (Lipinski definition) is 1. The number of nitrogens with one attached hydrogen (secondary N) is 1. The highest BCUT2D eigenvalue weighted by molar-refractivity contribution is 4.82. The van der Waals surface area contributed by atoms with Crippen LogP contribution < -0.4 is 5.32 Å². The molecule has 0 aromatic carbocycles. The Bertz CT molecular complexity index is 203. The van der Waals surface area contributed by atoms with Gasteiger partial charge in [-0.3, -0.25) is 4.90 Å². The molecule has 1 saturated heterocycles. The smallest absolute Gasteiger partial charge is 0.0510 e. The molecular formula is C15H32N2O. The van der Waals surface area contributed by atoms with E-state index in [-0.39, 0.29) is 0 Å². The highest BCUT2D eigenvalue weighted by atomic mass is 16.5. The minimum absolute atomic E-state index is 0.580. The van der Waals surface area contributed by atoms with Crippen molar-refractivity contribution < 1.29 is 4.74 Å². The van der Waals surface area contributed by atoms with Gasteiger partial charge in [-0.2, -0.15) is 0 Å². The molecule has 1 rings (SSSR count). The van der Waals surface area contributed by atoms with Gasteiger partial charge in [-0.05, 0) is 40.3 Å². The quantitative estimate of drug-likeness (QED) is 0.642. The molecule has 0 saturated carbocycles. The molecular weight excluding hydrogens is 224 g/mol. The van der Waals surface area contributed by atoms with Gasteiger partial charge in [0.1, 0.15) is 0 Å². The van der Waals surface area contributed by atoms with Crippen molar-refractivity contribution >= 4 is 0 Å². The second kappa shape index (κ2) is 8.89. The average Bonchev–Trinajstić information content (AvgIpc) is 2.87. The zero-order valence-corrected chi connectivity index (χ0v) is 12.7. The molecule has 1 fully saturated rings. The molecule has 0 amide bonds. The first-order valence-electron chi connectivity index (χ1n) is 7.68. The molecule has 0 aliphatic carbocycles. The fourth-order valence-electron chi connectivity index (χ4n) is 2.72. The van der Waals surface area contributed by atoms with Crippen LogP contribution in [0.15, 0.2) is 0 Å². The van der Waals surface area contributed by atoms with E-state index in [2.05, 4.69) is 38.0 Å². The predicted molar refractivity (Wildman–Crippen MR) is 78.0 cm³/mol. The van der Waals surface area contributed by atoms with E-state index in [0.717, 1.165) is 19.8 Å². The Morgan fingerprint density at radius 1 is 1.33 bits per heavy atom. The van der Waals surface area contributed by atoms with E-state index in [1.54, 1.807) is 0 Å². The van der Waals surface area contributed by atoms with Gasteiger partial charge in [0, 0.05) is 31.2 Å². The van der Waals surface area contributed by atoms with Crippen molar-refractivity contribution in [2.75, 3.05) is 33.4 Å². The Kier molecular flexibility index (Phi) is 7.87. The lowest BCUT2D eigenvalue weighted by molar-refractivity contribution is 0.149. The lowest BCUT2D eigenvalue weighted by Crippen LogP contribution is -2.47. The molecule has 1 heterocycles. The summed E-state index contributed by atoms with van der Waals surface area (Å²) in [7, 11) is 2.09. The third-order valence-electron chi connectivity index (χ3n) is 4.12. The molecule has 1 N–H and O–H groups in total.